The fourth-order valence-electron chi connectivity index (χ4n) is 2.93. The van der Waals surface area contributed by atoms with Crippen molar-refractivity contribution in [2.45, 2.75) is 6.54 Å². The summed E-state index contributed by atoms with van der Waals surface area (Å²) >= 11 is 0. The Bertz CT molecular complexity index is 1160. The normalized spacial score (nSPS) is 11.9. The van der Waals surface area contributed by atoms with Crippen molar-refractivity contribution in [2.75, 3.05) is 14.1 Å². The zero-order valence-electron chi connectivity index (χ0n) is 15.4. The van der Waals surface area contributed by atoms with Crippen LogP contribution in [0.5, 0.6) is 0 Å². The number of hydrogen-bond donors (Lipinski definition) is 2. The molecule has 0 aliphatic rings. The van der Waals surface area contributed by atoms with E-state index in [9.17, 15) is 8.78 Å². The van der Waals surface area contributed by atoms with Crippen molar-refractivity contribution in [3.8, 4) is 11.4 Å². The Labute approximate surface area is 159 Å². The Hall–Kier alpha value is -3.39. The third kappa shape index (κ3) is 3.67. The summed E-state index contributed by atoms with van der Waals surface area (Å²) in [7, 11) is 3.85. The number of aromatic amines is 2. The fraction of sp³-hybridized carbons (Fsp3) is 0.150. The molecule has 28 heavy (non-hydrogen) atoms. The predicted molar refractivity (Wildman–Crippen MR) is 104 cm³/mol. The molecule has 0 saturated carbocycles. The molecule has 0 unspecified atom stereocenters. The van der Waals surface area contributed by atoms with E-state index >= 15 is 0 Å². The maximum atomic E-state index is 14.5. The second-order valence-electron chi connectivity index (χ2n) is 6.72. The topological polar surface area (TPSA) is 73.5 Å². The lowest BCUT2D eigenvalue weighted by Crippen LogP contribution is -2.11. The first-order valence-corrected chi connectivity index (χ1v) is 8.67. The molecule has 0 aliphatic heterocycles. The summed E-state index contributed by atoms with van der Waals surface area (Å²) in [6, 6.07) is 9.37. The van der Waals surface area contributed by atoms with Crippen LogP contribution in [0.1, 0.15) is 17.1 Å². The van der Waals surface area contributed by atoms with Gasteiger partial charge >= 0.3 is 0 Å². The van der Waals surface area contributed by atoms with E-state index in [0.29, 0.717) is 40.4 Å². The molecule has 2 aromatic heterocycles. The highest BCUT2D eigenvalue weighted by atomic mass is 19.1. The summed E-state index contributed by atoms with van der Waals surface area (Å²) in [6.45, 7) is 0.602. The van der Waals surface area contributed by atoms with Gasteiger partial charge in [-0.15, -0.1) is 0 Å². The molecule has 2 heterocycles. The third-order valence-corrected chi connectivity index (χ3v) is 4.19. The van der Waals surface area contributed by atoms with Gasteiger partial charge in [-0.1, -0.05) is 18.2 Å². The molecule has 0 radical (unpaired) electrons. The van der Waals surface area contributed by atoms with Gasteiger partial charge in [0.15, 0.2) is 11.6 Å². The van der Waals surface area contributed by atoms with Crippen molar-refractivity contribution in [3.05, 3.63) is 65.1 Å². The molecule has 142 valence electrons. The van der Waals surface area contributed by atoms with Gasteiger partial charge in [0.25, 0.3) is 0 Å². The van der Waals surface area contributed by atoms with Gasteiger partial charge in [-0.25, -0.2) is 13.8 Å². The Morgan fingerprint density at radius 2 is 1.89 bits per heavy atom. The van der Waals surface area contributed by atoms with E-state index < -0.39 is 5.82 Å². The number of H-pyrrole nitrogens is 2. The van der Waals surface area contributed by atoms with E-state index in [1.54, 1.807) is 30.4 Å². The van der Waals surface area contributed by atoms with Crippen molar-refractivity contribution in [1.82, 2.24) is 30.3 Å². The van der Waals surface area contributed by atoms with Crippen LogP contribution in [-0.4, -0.2) is 44.4 Å². The molecule has 0 amide bonds. The molecule has 2 N–H and O–H groups in total. The Morgan fingerprint density at radius 1 is 1.04 bits per heavy atom. The molecular weight excluding hydrogens is 362 g/mol. The Morgan fingerprint density at radius 3 is 2.68 bits per heavy atom. The van der Waals surface area contributed by atoms with Crippen LogP contribution in [0, 0.1) is 11.6 Å². The van der Waals surface area contributed by atoms with E-state index in [4.69, 9.17) is 0 Å². The van der Waals surface area contributed by atoms with Crippen molar-refractivity contribution in [2.24, 2.45) is 0 Å². The van der Waals surface area contributed by atoms with Crippen molar-refractivity contribution < 1.29 is 8.78 Å². The number of benzene rings is 2. The van der Waals surface area contributed by atoms with E-state index in [1.807, 2.05) is 19.0 Å². The largest absolute Gasteiger partial charge is 0.302 e. The van der Waals surface area contributed by atoms with Crippen LogP contribution in [0.15, 0.2) is 36.4 Å². The summed E-state index contributed by atoms with van der Waals surface area (Å²) in [6.07, 6.45) is 3.48. The highest BCUT2D eigenvalue weighted by Gasteiger charge is 2.14. The van der Waals surface area contributed by atoms with Gasteiger partial charge in [-0.2, -0.15) is 10.2 Å². The molecule has 6 nitrogen and oxygen atoms in total. The summed E-state index contributed by atoms with van der Waals surface area (Å²) in [5.74, 6) is 0.328. The molecule has 2 aromatic carbocycles. The number of hydrogen-bond acceptors (Lipinski definition) is 4. The second kappa shape index (κ2) is 7.32. The van der Waals surface area contributed by atoms with Crippen LogP contribution in [0.25, 0.3) is 34.4 Å². The molecule has 0 atom stereocenters. The first kappa shape index (κ1) is 18.0. The smallest absolute Gasteiger partial charge is 0.181 e. The lowest BCUT2D eigenvalue weighted by molar-refractivity contribution is 0.391. The quantitative estimate of drug-likeness (QED) is 0.551. The molecule has 0 fully saturated rings. The van der Waals surface area contributed by atoms with Gasteiger partial charge < -0.3 is 4.90 Å². The van der Waals surface area contributed by atoms with Gasteiger partial charge in [0, 0.05) is 10.9 Å². The van der Waals surface area contributed by atoms with E-state index in [2.05, 4.69) is 25.4 Å². The van der Waals surface area contributed by atoms with Crippen LogP contribution < -0.4 is 0 Å². The molecule has 4 aromatic rings. The minimum atomic E-state index is -0.465. The van der Waals surface area contributed by atoms with E-state index in [-0.39, 0.29) is 11.3 Å². The number of halogens is 2. The molecule has 0 spiro atoms. The fourth-order valence-corrected chi connectivity index (χ4v) is 2.93. The predicted octanol–water partition coefficient (Wildman–Crippen LogP) is 3.86. The highest BCUT2D eigenvalue weighted by molar-refractivity contribution is 5.92. The van der Waals surface area contributed by atoms with Gasteiger partial charge in [-0.3, -0.25) is 10.2 Å². The number of nitrogens with zero attached hydrogens (tertiary/aromatic N) is 4. The average Bonchev–Trinajstić information content (AvgIpc) is 3.27. The van der Waals surface area contributed by atoms with Gasteiger partial charge in [0.2, 0.25) is 0 Å². The summed E-state index contributed by atoms with van der Waals surface area (Å²) in [5.41, 5.74) is 2.09. The van der Waals surface area contributed by atoms with Crippen LogP contribution in [0.4, 0.5) is 8.78 Å². The Balaban J connectivity index is 1.71. The second-order valence-corrected chi connectivity index (χ2v) is 6.72. The maximum Gasteiger partial charge on any atom is 0.181 e. The van der Waals surface area contributed by atoms with Gasteiger partial charge in [0.1, 0.15) is 17.2 Å². The first-order valence-electron chi connectivity index (χ1n) is 8.67. The summed E-state index contributed by atoms with van der Waals surface area (Å²) in [4.78, 5) is 6.38. The van der Waals surface area contributed by atoms with Crippen molar-refractivity contribution >= 4 is 23.1 Å². The lowest BCUT2D eigenvalue weighted by atomic mass is 10.1. The standard InChI is InChI=1S/C20H18F2N6/c1-28(2)11-18-23-20(27-25-18)13-9-15-17(24-26-19(15)16(22)10-13)7-6-12-4-3-5-14(21)8-12/h3-10H,11H2,1-2H3,(H,24,26)(H,23,25,27)/b7-6+. The van der Waals surface area contributed by atoms with Crippen LogP contribution >= 0.6 is 0 Å². The highest BCUT2D eigenvalue weighted by Crippen LogP contribution is 2.27. The molecule has 0 saturated heterocycles. The minimum absolute atomic E-state index is 0.228. The third-order valence-electron chi connectivity index (χ3n) is 4.19. The number of nitrogens with one attached hydrogen (secondary N) is 2. The monoisotopic (exact) mass is 380 g/mol. The maximum absolute atomic E-state index is 14.5. The van der Waals surface area contributed by atoms with Gasteiger partial charge in [0.05, 0.1) is 12.2 Å². The number of aromatic nitrogens is 5. The molecule has 0 bridgehead atoms. The number of rotatable bonds is 5. The molecule has 8 heteroatoms. The molecule has 4 rings (SSSR count). The molecule has 0 aliphatic carbocycles. The SMILES string of the molecule is CN(C)Cc1nc(-c2cc(F)c3n[nH]c(/C=C/c4cccc(F)c4)c3c2)n[nH]1. The molecular formula is C20H18F2N6. The summed E-state index contributed by atoms with van der Waals surface area (Å²) in [5, 5.41) is 14.5. The number of fused-ring (bicyclic) bond motifs is 1. The minimum Gasteiger partial charge on any atom is -0.302 e. The van der Waals surface area contributed by atoms with Crippen LogP contribution in [-0.2, 0) is 6.54 Å². The first-order chi connectivity index (χ1) is 13.5. The average molecular weight is 380 g/mol. The van der Waals surface area contributed by atoms with Crippen LogP contribution in [0.3, 0.4) is 0 Å². The van der Waals surface area contributed by atoms with Crippen LogP contribution in [0.2, 0.25) is 0 Å². The van der Waals surface area contributed by atoms with E-state index in [0.717, 1.165) is 0 Å². The van der Waals surface area contributed by atoms with Gasteiger partial charge in [-0.05, 0) is 50.0 Å². The summed E-state index contributed by atoms with van der Waals surface area (Å²) < 4.78 is 27.9. The van der Waals surface area contributed by atoms with E-state index in [1.165, 1.54) is 18.2 Å². The zero-order valence-corrected chi connectivity index (χ0v) is 15.4. The Kier molecular flexibility index (Phi) is 4.70. The van der Waals surface area contributed by atoms with Crippen molar-refractivity contribution in [3.63, 3.8) is 0 Å². The zero-order chi connectivity index (χ0) is 19.7. The lowest BCUT2D eigenvalue weighted by Gasteiger charge is -2.04. The van der Waals surface area contributed by atoms with Crippen molar-refractivity contribution in [1.29, 1.82) is 0 Å².